The van der Waals surface area contributed by atoms with E-state index in [9.17, 15) is 4.79 Å². The second kappa shape index (κ2) is 7.88. The van der Waals surface area contributed by atoms with Gasteiger partial charge in [-0.1, -0.05) is 18.7 Å². The maximum Gasteiger partial charge on any atom is 0.234 e. The van der Waals surface area contributed by atoms with Crippen LogP contribution in [0.5, 0.6) is 5.75 Å². The van der Waals surface area contributed by atoms with Gasteiger partial charge in [0.05, 0.1) is 18.2 Å². The van der Waals surface area contributed by atoms with Crippen LogP contribution in [0.1, 0.15) is 23.8 Å². The number of anilines is 1. The molecule has 5 rings (SSSR count). The van der Waals surface area contributed by atoms with E-state index in [2.05, 4.69) is 27.4 Å². The molecule has 0 bridgehead atoms. The van der Waals surface area contributed by atoms with Gasteiger partial charge in [-0.05, 0) is 55.0 Å². The zero-order valence-electron chi connectivity index (χ0n) is 16.7. The summed E-state index contributed by atoms with van der Waals surface area (Å²) in [6.45, 7) is 2.30. The number of thioether (sulfide) groups is 1. The molecular weight excluding hydrogens is 418 g/mol. The molecule has 1 atom stereocenters. The second-order valence-electron chi connectivity index (χ2n) is 7.52. The van der Waals surface area contributed by atoms with Crippen molar-refractivity contribution in [1.29, 1.82) is 0 Å². The summed E-state index contributed by atoms with van der Waals surface area (Å²) in [5, 5.41) is 13.5. The van der Waals surface area contributed by atoms with Crippen LogP contribution in [0.3, 0.4) is 0 Å². The average Bonchev–Trinajstić information content (AvgIpc) is 3.32. The van der Waals surface area contributed by atoms with Crippen molar-refractivity contribution in [3.63, 3.8) is 0 Å². The summed E-state index contributed by atoms with van der Waals surface area (Å²) in [6.07, 6.45) is 5.15. The number of benzene rings is 1. The van der Waals surface area contributed by atoms with E-state index in [1.165, 1.54) is 28.6 Å². The predicted molar refractivity (Wildman–Crippen MR) is 120 cm³/mol. The van der Waals surface area contributed by atoms with E-state index in [1.807, 2.05) is 28.7 Å². The number of amides is 1. The van der Waals surface area contributed by atoms with Crippen LogP contribution in [0.15, 0.2) is 35.7 Å². The highest BCUT2D eigenvalue weighted by molar-refractivity contribution is 7.99. The molecular formula is C21H21N5O2S2. The van der Waals surface area contributed by atoms with Gasteiger partial charge in [-0.25, -0.2) is 4.98 Å². The average molecular weight is 440 g/mol. The first-order chi connectivity index (χ1) is 14.6. The summed E-state index contributed by atoms with van der Waals surface area (Å²) >= 11 is 3.13. The molecule has 3 aromatic heterocycles. The maximum absolute atomic E-state index is 12.4. The van der Waals surface area contributed by atoms with Crippen molar-refractivity contribution in [3.8, 4) is 5.75 Å². The molecule has 0 spiro atoms. The summed E-state index contributed by atoms with van der Waals surface area (Å²) < 4.78 is 7.04. The fraction of sp³-hybridized carbons (Fsp3) is 0.333. The molecule has 0 saturated heterocycles. The van der Waals surface area contributed by atoms with Crippen molar-refractivity contribution in [1.82, 2.24) is 19.6 Å². The third-order valence-electron chi connectivity index (χ3n) is 5.38. The van der Waals surface area contributed by atoms with Gasteiger partial charge in [0.25, 0.3) is 0 Å². The highest BCUT2D eigenvalue weighted by Gasteiger charge is 2.24. The van der Waals surface area contributed by atoms with Crippen LogP contribution in [-0.4, -0.2) is 38.4 Å². The number of aromatic nitrogens is 4. The third-order valence-corrected chi connectivity index (χ3v) is 7.48. The Morgan fingerprint density at radius 2 is 2.17 bits per heavy atom. The topological polar surface area (TPSA) is 81.4 Å². The van der Waals surface area contributed by atoms with Gasteiger partial charge in [0, 0.05) is 10.6 Å². The summed E-state index contributed by atoms with van der Waals surface area (Å²) in [5.41, 5.74) is 2.95. The molecule has 3 heterocycles. The summed E-state index contributed by atoms with van der Waals surface area (Å²) in [4.78, 5) is 19.5. The molecule has 1 aliphatic rings. The Hall–Kier alpha value is -2.65. The molecule has 0 aliphatic heterocycles. The Kier molecular flexibility index (Phi) is 5.08. The number of ether oxygens (including phenoxy) is 1. The zero-order chi connectivity index (χ0) is 20.7. The van der Waals surface area contributed by atoms with E-state index in [-0.39, 0.29) is 11.7 Å². The molecule has 7 nitrogen and oxygen atoms in total. The van der Waals surface area contributed by atoms with Crippen molar-refractivity contribution >= 4 is 50.6 Å². The van der Waals surface area contributed by atoms with Crippen LogP contribution < -0.4 is 10.1 Å². The Morgan fingerprint density at radius 1 is 1.33 bits per heavy atom. The quantitative estimate of drug-likeness (QED) is 0.469. The molecule has 4 aromatic rings. The lowest BCUT2D eigenvalue weighted by atomic mass is 9.89. The van der Waals surface area contributed by atoms with E-state index in [0.717, 1.165) is 46.1 Å². The monoisotopic (exact) mass is 439 g/mol. The van der Waals surface area contributed by atoms with Gasteiger partial charge in [0.1, 0.15) is 16.9 Å². The number of nitrogens with zero attached hydrogens (tertiary/aromatic N) is 4. The van der Waals surface area contributed by atoms with Crippen LogP contribution in [0.2, 0.25) is 0 Å². The number of methoxy groups -OCH3 is 1. The first kappa shape index (κ1) is 19.3. The minimum atomic E-state index is -0.0992. The highest BCUT2D eigenvalue weighted by Crippen LogP contribution is 2.39. The van der Waals surface area contributed by atoms with Crippen LogP contribution in [-0.2, 0) is 17.6 Å². The maximum atomic E-state index is 12.4. The predicted octanol–water partition coefficient (Wildman–Crippen LogP) is 4.20. The first-order valence-corrected chi connectivity index (χ1v) is 11.6. The van der Waals surface area contributed by atoms with Gasteiger partial charge in [-0.3, -0.25) is 9.20 Å². The van der Waals surface area contributed by atoms with E-state index >= 15 is 0 Å². The number of fused-ring (bicyclic) bond motifs is 5. The van der Waals surface area contributed by atoms with Gasteiger partial charge in [-0.2, -0.15) is 0 Å². The van der Waals surface area contributed by atoms with Crippen molar-refractivity contribution in [2.75, 3.05) is 18.2 Å². The number of nitrogens with one attached hydrogen (secondary N) is 1. The molecule has 154 valence electrons. The molecule has 30 heavy (non-hydrogen) atoms. The zero-order valence-corrected chi connectivity index (χ0v) is 18.3. The molecule has 0 saturated carbocycles. The Balaban J connectivity index is 1.35. The van der Waals surface area contributed by atoms with Crippen molar-refractivity contribution < 1.29 is 9.53 Å². The number of hydrogen-bond donors (Lipinski definition) is 1. The third kappa shape index (κ3) is 3.52. The molecule has 0 unspecified atom stereocenters. The fourth-order valence-electron chi connectivity index (χ4n) is 3.82. The Labute approximate surface area is 181 Å². The number of carbonyl (C=O) groups excluding carboxylic acids is 1. The Bertz CT molecular complexity index is 1230. The van der Waals surface area contributed by atoms with Crippen molar-refractivity contribution in [3.05, 3.63) is 41.0 Å². The van der Waals surface area contributed by atoms with Gasteiger partial charge in [-0.15, -0.1) is 21.5 Å². The Morgan fingerprint density at radius 3 is 2.97 bits per heavy atom. The molecule has 0 radical (unpaired) electrons. The first-order valence-electron chi connectivity index (χ1n) is 9.83. The molecule has 1 aliphatic carbocycles. The van der Waals surface area contributed by atoms with E-state index in [1.54, 1.807) is 24.8 Å². The van der Waals surface area contributed by atoms with Gasteiger partial charge >= 0.3 is 0 Å². The summed E-state index contributed by atoms with van der Waals surface area (Å²) in [5.74, 6) is 1.61. The fourth-order valence-corrected chi connectivity index (χ4v) is 5.87. The summed E-state index contributed by atoms with van der Waals surface area (Å²) in [7, 11) is 1.61. The number of thiophene rings is 1. The molecule has 9 heteroatoms. The smallest absolute Gasteiger partial charge is 0.234 e. The second-order valence-corrected chi connectivity index (χ2v) is 9.54. The van der Waals surface area contributed by atoms with Crippen molar-refractivity contribution in [2.24, 2.45) is 5.92 Å². The van der Waals surface area contributed by atoms with E-state index < -0.39 is 0 Å². The van der Waals surface area contributed by atoms with Gasteiger partial charge in [0.2, 0.25) is 5.91 Å². The van der Waals surface area contributed by atoms with Crippen LogP contribution in [0, 0.1) is 5.92 Å². The van der Waals surface area contributed by atoms with Crippen LogP contribution >= 0.6 is 23.1 Å². The standard InChI is InChI=1S/C21H21N5O2S2/c1-12-3-8-15-16(9-12)30-20-18(15)19-24-25-21(26(19)11-22-20)29-10-17(27)23-13-4-6-14(28-2)7-5-13/h4-7,11-12H,3,8-10H2,1-2H3,(H,23,27)/t12-/m1/s1. The van der Waals surface area contributed by atoms with E-state index in [4.69, 9.17) is 4.74 Å². The lowest BCUT2D eigenvalue weighted by Crippen LogP contribution is -2.14. The minimum absolute atomic E-state index is 0.0992. The molecule has 1 amide bonds. The molecule has 1 N–H and O–H groups in total. The lowest BCUT2D eigenvalue weighted by Gasteiger charge is -2.17. The van der Waals surface area contributed by atoms with Gasteiger partial charge in [0.15, 0.2) is 10.8 Å². The van der Waals surface area contributed by atoms with Crippen LogP contribution in [0.25, 0.3) is 15.9 Å². The number of carbonyl (C=O) groups is 1. The van der Waals surface area contributed by atoms with E-state index in [0.29, 0.717) is 5.16 Å². The summed E-state index contributed by atoms with van der Waals surface area (Å²) in [6, 6.07) is 7.26. The normalized spacial score (nSPS) is 16.0. The molecule has 0 fully saturated rings. The SMILES string of the molecule is COc1ccc(NC(=O)CSc2nnc3c4c5c(sc4ncn23)C[C@H](C)CC5)cc1. The molecule has 1 aromatic carbocycles. The number of rotatable bonds is 5. The minimum Gasteiger partial charge on any atom is -0.497 e. The largest absolute Gasteiger partial charge is 0.497 e. The van der Waals surface area contributed by atoms with Crippen LogP contribution in [0.4, 0.5) is 5.69 Å². The van der Waals surface area contributed by atoms with Gasteiger partial charge < -0.3 is 10.1 Å². The number of hydrogen-bond acceptors (Lipinski definition) is 7. The highest BCUT2D eigenvalue weighted by atomic mass is 32.2. The number of aryl methyl sites for hydroxylation is 1. The van der Waals surface area contributed by atoms with Crippen molar-refractivity contribution in [2.45, 2.75) is 31.3 Å². The lowest BCUT2D eigenvalue weighted by molar-refractivity contribution is -0.113.